The van der Waals surface area contributed by atoms with E-state index in [1.54, 1.807) is 18.2 Å². The lowest BCUT2D eigenvalue weighted by Gasteiger charge is -2.10. The van der Waals surface area contributed by atoms with E-state index in [2.05, 4.69) is 5.32 Å². The fraction of sp³-hybridized carbons (Fsp3) is 0.462. The third-order valence-electron chi connectivity index (χ3n) is 3.09. The Morgan fingerprint density at radius 3 is 3.06 bits per heavy atom. The third kappa shape index (κ3) is 2.41. The molecule has 96 valence electrons. The molecule has 1 N–H and O–H groups in total. The van der Waals surface area contributed by atoms with E-state index in [4.69, 9.17) is 14.2 Å². The van der Waals surface area contributed by atoms with Crippen molar-refractivity contribution in [2.24, 2.45) is 0 Å². The highest BCUT2D eigenvalue weighted by atomic mass is 16.7. The second-order valence-corrected chi connectivity index (χ2v) is 4.46. The zero-order valence-corrected chi connectivity index (χ0v) is 9.98. The van der Waals surface area contributed by atoms with Gasteiger partial charge in [-0.25, -0.2) is 0 Å². The molecule has 3 rings (SSSR count). The molecule has 1 amide bonds. The number of amides is 1. The van der Waals surface area contributed by atoms with Crippen molar-refractivity contribution < 1.29 is 19.0 Å². The van der Waals surface area contributed by atoms with Crippen molar-refractivity contribution in [3.8, 4) is 11.5 Å². The molecule has 0 bridgehead atoms. The van der Waals surface area contributed by atoms with Crippen LogP contribution in [-0.2, 0) is 9.53 Å². The summed E-state index contributed by atoms with van der Waals surface area (Å²) in [6.45, 7) is 1.00. The number of ether oxygens (including phenoxy) is 3. The van der Waals surface area contributed by atoms with Gasteiger partial charge in [-0.3, -0.25) is 4.79 Å². The van der Waals surface area contributed by atoms with Gasteiger partial charge in [0.2, 0.25) is 12.7 Å². The summed E-state index contributed by atoms with van der Waals surface area (Å²) in [6.07, 6.45) is 2.49. The van der Waals surface area contributed by atoms with Gasteiger partial charge >= 0.3 is 0 Å². The van der Waals surface area contributed by atoms with Crippen molar-refractivity contribution in [3.05, 3.63) is 18.2 Å². The summed E-state index contributed by atoms with van der Waals surface area (Å²) < 4.78 is 15.9. The van der Waals surface area contributed by atoms with Gasteiger partial charge in [0.15, 0.2) is 11.5 Å². The molecular weight excluding hydrogens is 234 g/mol. The van der Waals surface area contributed by atoms with Crippen LogP contribution in [0.4, 0.5) is 5.69 Å². The topological polar surface area (TPSA) is 56.8 Å². The zero-order valence-electron chi connectivity index (χ0n) is 9.98. The van der Waals surface area contributed by atoms with Crippen LogP contribution in [-0.4, -0.2) is 25.4 Å². The second-order valence-electron chi connectivity index (χ2n) is 4.46. The summed E-state index contributed by atoms with van der Waals surface area (Å²) >= 11 is 0. The van der Waals surface area contributed by atoms with Crippen molar-refractivity contribution in [3.63, 3.8) is 0 Å². The SMILES string of the molecule is O=C(CC1CCCO1)Nc1ccc2c(c1)OCO2. The standard InChI is InChI=1S/C13H15NO4/c15-13(7-10-2-1-5-16-10)14-9-3-4-11-12(6-9)18-8-17-11/h3-4,6,10H,1-2,5,7-8H2,(H,14,15). The van der Waals surface area contributed by atoms with E-state index in [1.807, 2.05) is 0 Å². The minimum atomic E-state index is -0.0271. The van der Waals surface area contributed by atoms with Crippen LogP contribution in [0.5, 0.6) is 11.5 Å². The van der Waals surface area contributed by atoms with E-state index >= 15 is 0 Å². The minimum absolute atomic E-state index is 0.0271. The molecule has 18 heavy (non-hydrogen) atoms. The molecule has 0 spiro atoms. The van der Waals surface area contributed by atoms with Crippen molar-refractivity contribution in [1.29, 1.82) is 0 Å². The molecule has 5 nitrogen and oxygen atoms in total. The second kappa shape index (κ2) is 4.86. The van der Waals surface area contributed by atoms with Gasteiger partial charge in [-0.05, 0) is 25.0 Å². The minimum Gasteiger partial charge on any atom is -0.454 e. The van der Waals surface area contributed by atoms with Crippen LogP contribution in [0.25, 0.3) is 0 Å². The first-order chi connectivity index (χ1) is 8.81. The average Bonchev–Trinajstić information content (AvgIpc) is 2.98. The molecule has 1 aromatic rings. The van der Waals surface area contributed by atoms with Crippen molar-refractivity contribution in [1.82, 2.24) is 0 Å². The number of benzene rings is 1. The molecule has 0 aromatic heterocycles. The molecule has 2 aliphatic rings. The molecule has 1 atom stereocenters. The third-order valence-corrected chi connectivity index (χ3v) is 3.09. The predicted octanol–water partition coefficient (Wildman–Crippen LogP) is 1.92. The molecule has 1 unspecified atom stereocenters. The molecule has 0 aliphatic carbocycles. The van der Waals surface area contributed by atoms with Gasteiger partial charge < -0.3 is 19.5 Å². The van der Waals surface area contributed by atoms with Gasteiger partial charge in [-0.1, -0.05) is 0 Å². The Kier molecular flexibility index (Phi) is 3.06. The van der Waals surface area contributed by atoms with Gasteiger partial charge in [0, 0.05) is 18.4 Å². The summed E-state index contributed by atoms with van der Waals surface area (Å²) in [6, 6.07) is 5.38. The Balaban J connectivity index is 1.60. The summed E-state index contributed by atoms with van der Waals surface area (Å²) in [5.74, 6) is 1.36. The van der Waals surface area contributed by atoms with Crippen molar-refractivity contribution >= 4 is 11.6 Å². The van der Waals surface area contributed by atoms with Crippen molar-refractivity contribution in [2.75, 3.05) is 18.7 Å². The highest BCUT2D eigenvalue weighted by molar-refractivity contribution is 5.91. The Morgan fingerprint density at radius 1 is 1.33 bits per heavy atom. The van der Waals surface area contributed by atoms with Crippen LogP contribution in [0, 0.1) is 0 Å². The molecule has 2 heterocycles. The summed E-state index contributed by atoms with van der Waals surface area (Å²) in [5, 5.41) is 2.84. The monoisotopic (exact) mass is 249 g/mol. The number of nitrogens with one attached hydrogen (secondary N) is 1. The summed E-state index contributed by atoms with van der Waals surface area (Å²) in [7, 11) is 0. The number of carbonyl (C=O) groups is 1. The Labute approximate surface area is 105 Å². The first-order valence-corrected chi connectivity index (χ1v) is 6.12. The fourth-order valence-corrected chi connectivity index (χ4v) is 2.20. The predicted molar refractivity (Wildman–Crippen MR) is 64.8 cm³/mol. The largest absolute Gasteiger partial charge is 0.454 e. The maximum absolute atomic E-state index is 11.8. The van der Waals surface area contributed by atoms with Crippen LogP contribution in [0.3, 0.4) is 0 Å². The Bertz CT molecular complexity index is 454. The Hall–Kier alpha value is -1.75. The molecule has 1 fully saturated rings. The molecule has 0 radical (unpaired) electrons. The highest BCUT2D eigenvalue weighted by Gasteiger charge is 2.20. The van der Waals surface area contributed by atoms with E-state index in [0.29, 0.717) is 17.9 Å². The quantitative estimate of drug-likeness (QED) is 0.889. The number of hydrogen-bond donors (Lipinski definition) is 1. The molecule has 5 heteroatoms. The maximum atomic E-state index is 11.8. The van der Waals surface area contributed by atoms with Crippen LogP contribution >= 0.6 is 0 Å². The lowest BCUT2D eigenvalue weighted by Crippen LogP contribution is -2.19. The number of anilines is 1. The van der Waals surface area contributed by atoms with Gasteiger partial charge in [0.05, 0.1) is 12.5 Å². The normalized spacial score (nSPS) is 21.0. The Morgan fingerprint density at radius 2 is 2.22 bits per heavy atom. The summed E-state index contributed by atoms with van der Waals surface area (Å²) in [5.41, 5.74) is 0.724. The lowest BCUT2D eigenvalue weighted by molar-refractivity contribution is -0.118. The fourth-order valence-electron chi connectivity index (χ4n) is 2.20. The lowest BCUT2D eigenvalue weighted by atomic mass is 10.1. The zero-order chi connectivity index (χ0) is 12.4. The molecular formula is C13H15NO4. The molecule has 0 saturated carbocycles. The van der Waals surface area contributed by atoms with E-state index < -0.39 is 0 Å². The van der Waals surface area contributed by atoms with E-state index in [-0.39, 0.29) is 18.8 Å². The number of hydrogen-bond acceptors (Lipinski definition) is 4. The van der Waals surface area contributed by atoms with Gasteiger partial charge in [-0.2, -0.15) is 0 Å². The van der Waals surface area contributed by atoms with Gasteiger partial charge in [-0.15, -0.1) is 0 Å². The molecule has 2 aliphatic heterocycles. The number of carbonyl (C=O) groups excluding carboxylic acids is 1. The smallest absolute Gasteiger partial charge is 0.231 e. The van der Waals surface area contributed by atoms with E-state index in [9.17, 15) is 4.79 Å². The highest BCUT2D eigenvalue weighted by Crippen LogP contribution is 2.34. The van der Waals surface area contributed by atoms with Gasteiger partial charge in [0.25, 0.3) is 0 Å². The maximum Gasteiger partial charge on any atom is 0.231 e. The van der Waals surface area contributed by atoms with Crippen LogP contribution < -0.4 is 14.8 Å². The molecule has 1 saturated heterocycles. The van der Waals surface area contributed by atoms with Crippen LogP contribution in [0.1, 0.15) is 19.3 Å². The average molecular weight is 249 g/mol. The van der Waals surface area contributed by atoms with E-state index in [1.165, 1.54) is 0 Å². The molecule has 1 aromatic carbocycles. The van der Waals surface area contributed by atoms with Crippen LogP contribution in [0.15, 0.2) is 18.2 Å². The van der Waals surface area contributed by atoms with Crippen LogP contribution in [0.2, 0.25) is 0 Å². The van der Waals surface area contributed by atoms with Crippen molar-refractivity contribution in [2.45, 2.75) is 25.4 Å². The first kappa shape index (κ1) is 11.3. The first-order valence-electron chi connectivity index (χ1n) is 6.12. The number of rotatable bonds is 3. The van der Waals surface area contributed by atoms with Gasteiger partial charge in [0.1, 0.15) is 0 Å². The number of fused-ring (bicyclic) bond motifs is 1. The van der Waals surface area contributed by atoms with E-state index in [0.717, 1.165) is 25.1 Å². The summed E-state index contributed by atoms with van der Waals surface area (Å²) in [4.78, 5) is 11.8.